The van der Waals surface area contributed by atoms with E-state index in [1.807, 2.05) is 18.5 Å². The van der Waals surface area contributed by atoms with Crippen LogP contribution < -0.4 is 0 Å². The van der Waals surface area contributed by atoms with E-state index in [1.54, 1.807) is 12.3 Å². The summed E-state index contributed by atoms with van der Waals surface area (Å²) in [5, 5.41) is 0.0874. The molecule has 0 radical (unpaired) electrons. The first kappa shape index (κ1) is 12.8. The van der Waals surface area contributed by atoms with Crippen LogP contribution in [-0.2, 0) is 0 Å². The lowest BCUT2D eigenvalue weighted by atomic mass is 10.3. The number of hydrogen-bond acceptors (Lipinski definition) is 1. The van der Waals surface area contributed by atoms with E-state index < -0.39 is 5.82 Å². The van der Waals surface area contributed by atoms with Crippen molar-refractivity contribution < 1.29 is 4.39 Å². The monoisotopic (exact) mass is 264 g/mol. The number of nitrogens with zero attached hydrogens (tertiary/aromatic N) is 2. The Labute approximate surface area is 111 Å². The Morgan fingerprint density at radius 1 is 1.33 bits per heavy atom. The van der Waals surface area contributed by atoms with Crippen molar-refractivity contribution in [2.24, 2.45) is 4.99 Å². The molecular formula is C14H14ClFN2. The molecule has 1 aromatic heterocycles. The molecule has 0 saturated heterocycles. The summed E-state index contributed by atoms with van der Waals surface area (Å²) in [4.78, 5) is 4.26. The highest BCUT2D eigenvalue weighted by Crippen LogP contribution is 2.21. The summed E-state index contributed by atoms with van der Waals surface area (Å²) in [6.45, 7) is 4.22. The summed E-state index contributed by atoms with van der Waals surface area (Å²) in [7, 11) is 0. The fourth-order valence-electron chi connectivity index (χ4n) is 1.54. The van der Waals surface area contributed by atoms with Crippen LogP contribution in [0.25, 0.3) is 0 Å². The van der Waals surface area contributed by atoms with Crippen molar-refractivity contribution in [3.05, 3.63) is 53.1 Å². The predicted octanol–water partition coefficient (Wildman–Crippen LogP) is 4.61. The zero-order chi connectivity index (χ0) is 13.1. The topological polar surface area (TPSA) is 17.3 Å². The van der Waals surface area contributed by atoms with Gasteiger partial charge in [-0.3, -0.25) is 4.99 Å². The molecule has 0 atom stereocenters. The Kier molecular flexibility index (Phi) is 3.82. The molecule has 0 N–H and O–H groups in total. The number of benzene rings is 1. The highest BCUT2D eigenvalue weighted by atomic mass is 35.5. The maximum absolute atomic E-state index is 13.0. The molecule has 2 nitrogen and oxygen atoms in total. The van der Waals surface area contributed by atoms with E-state index in [0.717, 1.165) is 5.56 Å². The van der Waals surface area contributed by atoms with Crippen LogP contribution in [0.5, 0.6) is 0 Å². The van der Waals surface area contributed by atoms with Crippen LogP contribution in [0.15, 0.2) is 41.7 Å². The van der Waals surface area contributed by atoms with Gasteiger partial charge in [0.1, 0.15) is 5.82 Å². The summed E-state index contributed by atoms with van der Waals surface area (Å²) < 4.78 is 15.1. The second-order valence-corrected chi connectivity index (χ2v) is 4.75. The van der Waals surface area contributed by atoms with Gasteiger partial charge in [0.15, 0.2) is 0 Å². The molecule has 0 aliphatic heterocycles. The fourth-order valence-corrected chi connectivity index (χ4v) is 1.72. The lowest BCUT2D eigenvalue weighted by molar-refractivity contribution is 0.603. The van der Waals surface area contributed by atoms with Crippen LogP contribution in [0, 0.1) is 5.82 Å². The first-order valence-electron chi connectivity index (χ1n) is 5.73. The Morgan fingerprint density at radius 3 is 2.72 bits per heavy atom. The Morgan fingerprint density at radius 2 is 2.11 bits per heavy atom. The molecule has 0 amide bonds. The summed E-state index contributed by atoms with van der Waals surface area (Å²) in [5.41, 5.74) is 1.64. The lowest BCUT2D eigenvalue weighted by Gasteiger charge is -2.04. The summed E-state index contributed by atoms with van der Waals surface area (Å²) in [5.74, 6) is -0.429. The van der Waals surface area contributed by atoms with Crippen LogP contribution in [-0.4, -0.2) is 10.8 Å². The second-order valence-electron chi connectivity index (χ2n) is 4.34. The standard InChI is InChI=1S/C14H14ClFN2/c1-10(2)18-6-5-11(9-18)8-17-12-3-4-14(16)13(15)7-12/h3-10H,1-2H3. The lowest BCUT2D eigenvalue weighted by Crippen LogP contribution is -1.95. The first-order chi connectivity index (χ1) is 8.56. The molecule has 0 fully saturated rings. The average Bonchev–Trinajstić information content (AvgIpc) is 2.79. The Hall–Kier alpha value is -1.61. The molecule has 0 aliphatic rings. The summed E-state index contributed by atoms with van der Waals surface area (Å²) in [6, 6.07) is 6.82. The van der Waals surface area contributed by atoms with E-state index in [9.17, 15) is 4.39 Å². The molecule has 18 heavy (non-hydrogen) atoms. The quantitative estimate of drug-likeness (QED) is 0.720. The van der Waals surface area contributed by atoms with Gasteiger partial charge in [-0.1, -0.05) is 11.6 Å². The zero-order valence-corrected chi connectivity index (χ0v) is 11.0. The third-order valence-electron chi connectivity index (χ3n) is 2.60. The smallest absolute Gasteiger partial charge is 0.141 e. The molecule has 4 heteroatoms. The largest absolute Gasteiger partial charge is 0.351 e. The van der Waals surface area contributed by atoms with Crippen molar-refractivity contribution in [1.82, 2.24) is 4.57 Å². The second kappa shape index (κ2) is 5.36. The number of rotatable bonds is 3. The van der Waals surface area contributed by atoms with Crippen LogP contribution in [0.3, 0.4) is 0 Å². The molecule has 0 saturated carbocycles. The first-order valence-corrected chi connectivity index (χ1v) is 6.10. The minimum absolute atomic E-state index is 0.0874. The number of halogens is 2. The van der Waals surface area contributed by atoms with Gasteiger partial charge in [-0.15, -0.1) is 0 Å². The fraction of sp³-hybridized carbons (Fsp3) is 0.214. The van der Waals surface area contributed by atoms with Crippen molar-refractivity contribution in [3.8, 4) is 0 Å². The van der Waals surface area contributed by atoms with Gasteiger partial charge in [-0.05, 0) is 38.1 Å². The van der Waals surface area contributed by atoms with Crippen LogP contribution >= 0.6 is 11.6 Å². The van der Waals surface area contributed by atoms with Gasteiger partial charge >= 0.3 is 0 Å². The minimum atomic E-state index is -0.429. The van der Waals surface area contributed by atoms with Crippen molar-refractivity contribution in [1.29, 1.82) is 0 Å². The molecule has 0 spiro atoms. The van der Waals surface area contributed by atoms with Crippen molar-refractivity contribution >= 4 is 23.5 Å². The highest BCUT2D eigenvalue weighted by molar-refractivity contribution is 6.31. The van der Waals surface area contributed by atoms with Gasteiger partial charge in [0.25, 0.3) is 0 Å². The molecule has 0 bridgehead atoms. The van der Waals surface area contributed by atoms with Gasteiger partial charge < -0.3 is 4.57 Å². The van der Waals surface area contributed by atoms with E-state index >= 15 is 0 Å². The molecule has 94 valence electrons. The molecule has 0 unspecified atom stereocenters. The van der Waals surface area contributed by atoms with Crippen molar-refractivity contribution in [2.75, 3.05) is 0 Å². The van der Waals surface area contributed by atoms with E-state index in [4.69, 9.17) is 11.6 Å². The minimum Gasteiger partial charge on any atom is -0.351 e. The van der Waals surface area contributed by atoms with Crippen molar-refractivity contribution in [2.45, 2.75) is 19.9 Å². The maximum atomic E-state index is 13.0. The van der Waals surface area contributed by atoms with Crippen LogP contribution in [0.2, 0.25) is 5.02 Å². The van der Waals surface area contributed by atoms with Gasteiger partial charge in [0, 0.05) is 30.2 Å². The van der Waals surface area contributed by atoms with E-state index in [2.05, 4.69) is 23.4 Å². The number of aromatic nitrogens is 1. The van der Waals surface area contributed by atoms with Gasteiger partial charge in [-0.2, -0.15) is 0 Å². The summed E-state index contributed by atoms with van der Waals surface area (Å²) >= 11 is 5.69. The Balaban J connectivity index is 2.16. The molecule has 1 heterocycles. The zero-order valence-electron chi connectivity index (χ0n) is 10.3. The highest BCUT2D eigenvalue weighted by Gasteiger charge is 2.00. The Bertz CT molecular complexity index is 573. The average molecular weight is 265 g/mol. The van der Waals surface area contributed by atoms with Gasteiger partial charge in [0.2, 0.25) is 0 Å². The van der Waals surface area contributed by atoms with Crippen molar-refractivity contribution in [3.63, 3.8) is 0 Å². The third-order valence-corrected chi connectivity index (χ3v) is 2.89. The van der Waals surface area contributed by atoms with E-state index in [1.165, 1.54) is 12.1 Å². The van der Waals surface area contributed by atoms with Crippen LogP contribution in [0.4, 0.5) is 10.1 Å². The number of aliphatic imine (C=N–C) groups is 1. The van der Waals surface area contributed by atoms with Gasteiger partial charge in [0.05, 0.1) is 10.7 Å². The van der Waals surface area contributed by atoms with Crippen LogP contribution in [0.1, 0.15) is 25.5 Å². The third kappa shape index (κ3) is 2.99. The predicted molar refractivity (Wildman–Crippen MR) is 73.5 cm³/mol. The molecule has 2 aromatic rings. The van der Waals surface area contributed by atoms with E-state index in [-0.39, 0.29) is 5.02 Å². The molecule has 2 rings (SSSR count). The number of hydrogen-bond donors (Lipinski definition) is 0. The van der Waals surface area contributed by atoms with Gasteiger partial charge in [-0.25, -0.2) is 4.39 Å². The maximum Gasteiger partial charge on any atom is 0.141 e. The SMILES string of the molecule is CC(C)n1ccc(C=Nc2ccc(F)c(Cl)c2)c1. The van der Waals surface area contributed by atoms with E-state index in [0.29, 0.717) is 11.7 Å². The molecule has 1 aromatic carbocycles. The molecular weight excluding hydrogens is 251 g/mol. The normalized spacial score (nSPS) is 11.6. The molecule has 0 aliphatic carbocycles. The summed E-state index contributed by atoms with van der Waals surface area (Å²) in [6.07, 6.45) is 5.76.